The Labute approximate surface area is 85.7 Å². The van der Waals surface area contributed by atoms with Gasteiger partial charge in [0.25, 0.3) is 5.91 Å². The average Bonchev–Trinajstić information content (AvgIpc) is 2.75. The number of rotatable bonds is 2. The van der Waals surface area contributed by atoms with Crippen LogP contribution in [0.1, 0.15) is 16.1 Å². The highest BCUT2D eigenvalue weighted by Crippen LogP contribution is 2.04. The van der Waals surface area contributed by atoms with E-state index < -0.39 is 0 Å². The Hall–Kier alpha value is -2.18. The second-order valence-corrected chi connectivity index (χ2v) is 3.11. The third kappa shape index (κ3) is 1.85. The van der Waals surface area contributed by atoms with Crippen molar-refractivity contribution in [3.05, 3.63) is 30.1 Å². The zero-order chi connectivity index (χ0) is 10.8. The molecular formula is C8H10N6O. The summed E-state index contributed by atoms with van der Waals surface area (Å²) in [6, 6.07) is 0. The van der Waals surface area contributed by atoms with Gasteiger partial charge in [0.1, 0.15) is 12.7 Å². The lowest BCUT2D eigenvalue weighted by molar-refractivity contribution is 0.101. The zero-order valence-corrected chi connectivity index (χ0v) is 8.38. The lowest BCUT2D eigenvalue weighted by atomic mass is 10.2. The normalized spacial score (nSPS) is 10.3. The minimum Gasteiger partial charge on any atom is -0.275 e. The summed E-state index contributed by atoms with van der Waals surface area (Å²) >= 11 is 0. The van der Waals surface area contributed by atoms with Gasteiger partial charge in [-0.05, 0) is 6.92 Å². The Morgan fingerprint density at radius 3 is 2.60 bits per heavy atom. The van der Waals surface area contributed by atoms with Crippen molar-refractivity contribution in [1.29, 1.82) is 0 Å². The fourth-order valence-electron chi connectivity index (χ4n) is 1.26. The first-order chi connectivity index (χ1) is 7.16. The molecule has 15 heavy (non-hydrogen) atoms. The molecule has 0 saturated heterocycles. The van der Waals surface area contributed by atoms with Crippen molar-refractivity contribution >= 4 is 5.91 Å². The van der Waals surface area contributed by atoms with E-state index in [0.29, 0.717) is 11.3 Å². The first-order valence-electron chi connectivity index (χ1n) is 4.33. The molecule has 0 atom stereocenters. The molecule has 1 amide bonds. The second kappa shape index (κ2) is 3.52. The Bertz CT molecular complexity index is 471. The van der Waals surface area contributed by atoms with Gasteiger partial charge in [-0.25, -0.2) is 4.68 Å². The van der Waals surface area contributed by atoms with E-state index >= 15 is 0 Å². The first-order valence-corrected chi connectivity index (χ1v) is 4.33. The van der Waals surface area contributed by atoms with Gasteiger partial charge in [0, 0.05) is 13.2 Å². The molecule has 0 spiro atoms. The van der Waals surface area contributed by atoms with Crippen molar-refractivity contribution in [3.8, 4) is 0 Å². The van der Waals surface area contributed by atoms with Gasteiger partial charge in [-0.15, -0.1) is 10.2 Å². The highest BCUT2D eigenvalue weighted by molar-refractivity contribution is 6.00. The van der Waals surface area contributed by atoms with Crippen LogP contribution < -0.4 is 5.43 Å². The summed E-state index contributed by atoms with van der Waals surface area (Å²) in [6.07, 6.45) is 4.47. The van der Waals surface area contributed by atoms with Crippen molar-refractivity contribution in [3.63, 3.8) is 0 Å². The van der Waals surface area contributed by atoms with Crippen LogP contribution in [0.4, 0.5) is 0 Å². The van der Waals surface area contributed by atoms with Gasteiger partial charge in [-0.2, -0.15) is 5.10 Å². The minimum atomic E-state index is -0.236. The van der Waals surface area contributed by atoms with E-state index in [-0.39, 0.29) is 5.91 Å². The van der Waals surface area contributed by atoms with E-state index in [1.54, 1.807) is 24.9 Å². The van der Waals surface area contributed by atoms with Gasteiger partial charge >= 0.3 is 0 Å². The molecule has 0 aliphatic heterocycles. The maximum Gasteiger partial charge on any atom is 0.273 e. The van der Waals surface area contributed by atoms with E-state index in [1.807, 2.05) is 0 Å². The van der Waals surface area contributed by atoms with Crippen molar-refractivity contribution in [1.82, 2.24) is 24.7 Å². The van der Waals surface area contributed by atoms with Crippen molar-refractivity contribution in [2.75, 3.05) is 5.43 Å². The monoisotopic (exact) mass is 206 g/mol. The average molecular weight is 206 g/mol. The van der Waals surface area contributed by atoms with Crippen LogP contribution >= 0.6 is 0 Å². The summed E-state index contributed by atoms with van der Waals surface area (Å²) in [5, 5.41) is 11.2. The van der Waals surface area contributed by atoms with Gasteiger partial charge in [0.05, 0.1) is 11.3 Å². The molecule has 7 heteroatoms. The van der Waals surface area contributed by atoms with E-state index in [1.165, 1.54) is 17.3 Å². The maximum atomic E-state index is 11.7. The van der Waals surface area contributed by atoms with E-state index in [2.05, 4.69) is 20.7 Å². The molecule has 1 N–H and O–H groups in total. The molecular weight excluding hydrogens is 196 g/mol. The highest BCUT2D eigenvalue weighted by atomic mass is 16.2. The molecule has 0 aliphatic rings. The smallest absolute Gasteiger partial charge is 0.273 e. The lowest BCUT2D eigenvalue weighted by Gasteiger charge is -2.02. The molecule has 0 aromatic carbocycles. The molecule has 0 saturated carbocycles. The molecule has 0 fully saturated rings. The molecule has 2 heterocycles. The Morgan fingerprint density at radius 1 is 1.40 bits per heavy atom. The SMILES string of the molecule is Cc1nn(C)cc1C(=O)Nn1cnnc1. The molecule has 2 aromatic rings. The molecule has 2 rings (SSSR count). The summed E-state index contributed by atoms with van der Waals surface area (Å²) in [7, 11) is 1.77. The summed E-state index contributed by atoms with van der Waals surface area (Å²) in [5.41, 5.74) is 3.81. The van der Waals surface area contributed by atoms with E-state index in [0.717, 1.165) is 0 Å². The largest absolute Gasteiger partial charge is 0.275 e. The van der Waals surface area contributed by atoms with Crippen LogP contribution in [0.5, 0.6) is 0 Å². The lowest BCUT2D eigenvalue weighted by Crippen LogP contribution is -2.21. The van der Waals surface area contributed by atoms with Crippen LogP contribution in [-0.2, 0) is 7.05 Å². The van der Waals surface area contributed by atoms with Crippen molar-refractivity contribution in [2.45, 2.75) is 6.92 Å². The molecule has 0 aliphatic carbocycles. The van der Waals surface area contributed by atoms with Crippen LogP contribution in [-0.4, -0.2) is 30.6 Å². The Balaban J connectivity index is 2.18. The number of carbonyl (C=O) groups excluding carboxylic acids is 1. The number of carbonyl (C=O) groups is 1. The second-order valence-electron chi connectivity index (χ2n) is 3.11. The summed E-state index contributed by atoms with van der Waals surface area (Å²) < 4.78 is 2.98. The maximum absolute atomic E-state index is 11.7. The minimum absolute atomic E-state index is 0.236. The fourth-order valence-corrected chi connectivity index (χ4v) is 1.26. The third-order valence-electron chi connectivity index (χ3n) is 1.91. The fraction of sp³-hybridized carbons (Fsp3) is 0.250. The van der Waals surface area contributed by atoms with Gasteiger partial charge in [0.15, 0.2) is 0 Å². The van der Waals surface area contributed by atoms with E-state index in [9.17, 15) is 4.79 Å². The number of nitrogens with zero attached hydrogens (tertiary/aromatic N) is 5. The predicted molar refractivity (Wildman–Crippen MR) is 51.7 cm³/mol. The predicted octanol–water partition coefficient (Wildman–Crippen LogP) is -0.296. The summed E-state index contributed by atoms with van der Waals surface area (Å²) in [6.45, 7) is 1.78. The molecule has 0 unspecified atom stereocenters. The number of nitrogens with one attached hydrogen (secondary N) is 1. The molecule has 78 valence electrons. The quantitative estimate of drug-likeness (QED) is 0.732. The Morgan fingerprint density at radius 2 is 2.07 bits per heavy atom. The number of hydrogen-bond acceptors (Lipinski definition) is 4. The van der Waals surface area contributed by atoms with Gasteiger partial charge in [0.2, 0.25) is 0 Å². The zero-order valence-electron chi connectivity index (χ0n) is 8.38. The van der Waals surface area contributed by atoms with Crippen molar-refractivity contribution in [2.24, 2.45) is 7.05 Å². The van der Waals surface area contributed by atoms with Crippen LogP contribution in [0.15, 0.2) is 18.9 Å². The van der Waals surface area contributed by atoms with Crippen LogP contribution in [0.25, 0.3) is 0 Å². The van der Waals surface area contributed by atoms with Gasteiger partial charge < -0.3 is 0 Å². The van der Waals surface area contributed by atoms with Crippen molar-refractivity contribution < 1.29 is 4.79 Å². The molecule has 0 bridgehead atoms. The number of amides is 1. The first kappa shape index (κ1) is 9.38. The number of aryl methyl sites for hydroxylation is 2. The number of aromatic nitrogens is 5. The number of hydrogen-bond donors (Lipinski definition) is 1. The molecule has 7 nitrogen and oxygen atoms in total. The third-order valence-corrected chi connectivity index (χ3v) is 1.91. The van der Waals surface area contributed by atoms with Crippen LogP contribution in [0.2, 0.25) is 0 Å². The van der Waals surface area contributed by atoms with Crippen LogP contribution in [0, 0.1) is 6.92 Å². The highest BCUT2D eigenvalue weighted by Gasteiger charge is 2.12. The molecule has 2 aromatic heterocycles. The van der Waals surface area contributed by atoms with Crippen LogP contribution in [0.3, 0.4) is 0 Å². The standard InChI is InChI=1S/C8H10N6O/c1-6-7(3-13(2)11-6)8(15)12-14-4-9-10-5-14/h3-5H,1-2H3,(H,12,15). The van der Waals surface area contributed by atoms with Gasteiger partial charge in [-0.1, -0.05) is 0 Å². The van der Waals surface area contributed by atoms with E-state index in [4.69, 9.17) is 0 Å². The summed E-state index contributed by atoms with van der Waals surface area (Å²) in [4.78, 5) is 11.7. The molecule has 0 radical (unpaired) electrons. The topological polar surface area (TPSA) is 77.6 Å². The summed E-state index contributed by atoms with van der Waals surface area (Å²) in [5.74, 6) is -0.236. The van der Waals surface area contributed by atoms with Gasteiger partial charge in [-0.3, -0.25) is 14.9 Å². The Kier molecular flexibility index (Phi) is 2.20.